The number of amides is 1. The summed E-state index contributed by atoms with van der Waals surface area (Å²) >= 11 is 0. The summed E-state index contributed by atoms with van der Waals surface area (Å²) in [5.41, 5.74) is 2.68. The molecule has 2 aromatic rings. The summed E-state index contributed by atoms with van der Waals surface area (Å²) in [7, 11) is 1.58. The molecule has 1 N–H and O–H groups in total. The summed E-state index contributed by atoms with van der Waals surface area (Å²) in [5.74, 6) is -0.465. The molecule has 1 heterocycles. The summed E-state index contributed by atoms with van der Waals surface area (Å²) in [5, 5.41) is 2.75. The molecule has 2 rings (SSSR count). The molecule has 0 aliphatic rings. The summed E-state index contributed by atoms with van der Waals surface area (Å²) in [6, 6.07) is 9.58. The van der Waals surface area contributed by atoms with E-state index in [1.54, 1.807) is 38.3 Å². The lowest BCUT2D eigenvalue weighted by Gasteiger charge is -2.09. The van der Waals surface area contributed by atoms with Gasteiger partial charge in [-0.1, -0.05) is 0 Å². The van der Waals surface area contributed by atoms with Gasteiger partial charge >= 0.3 is 0 Å². The van der Waals surface area contributed by atoms with Crippen molar-refractivity contribution >= 4 is 5.91 Å². The van der Waals surface area contributed by atoms with Crippen molar-refractivity contribution in [2.45, 2.75) is 6.92 Å². The van der Waals surface area contributed by atoms with Crippen molar-refractivity contribution < 1.29 is 13.9 Å². The van der Waals surface area contributed by atoms with Crippen LogP contribution >= 0.6 is 0 Å². The van der Waals surface area contributed by atoms with Gasteiger partial charge in [0.25, 0.3) is 5.91 Å². The lowest BCUT2D eigenvalue weighted by atomic mass is 10.1. The Bertz CT molecular complexity index is 627. The predicted octanol–water partition coefficient (Wildman–Crippen LogP) is 2.57. The summed E-state index contributed by atoms with van der Waals surface area (Å²) < 4.78 is 17.8. The number of nitrogens with zero attached hydrogens (tertiary/aromatic N) is 1. The molecule has 1 aromatic heterocycles. The van der Waals surface area contributed by atoms with Crippen molar-refractivity contribution in [2.75, 3.05) is 20.3 Å². The minimum Gasteiger partial charge on any atom is -0.383 e. The number of carbonyl (C=O) groups excluding carboxylic acids is 1. The maximum absolute atomic E-state index is 12.9. The zero-order valence-corrected chi connectivity index (χ0v) is 12.0. The number of aromatic nitrogens is 1. The number of halogens is 1. The number of rotatable bonds is 5. The van der Waals surface area contributed by atoms with Crippen molar-refractivity contribution in [3.8, 4) is 11.3 Å². The first-order valence-electron chi connectivity index (χ1n) is 6.62. The fourth-order valence-electron chi connectivity index (χ4n) is 1.94. The highest BCUT2D eigenvalue weighted by Gasteiger charge is 2.11. The number of nitrogens with one attached hydrogen (secondary N) is 1. The van der Waals surface area contributed by atoms with Gasteiger partial charge in [-0.25, -0.2) is 4.39 Å². The Hall–Kier alpha value is -2.27. The van der Waals surface area contributed by atoms with Gasteiger partial charge in [-0.05, 0) is 43.3 Å². The topological polar surface area (TPSA) is 51.2 Å². The van der Waals surface area contributed by atoms with Gasteiger partial charge in [-0.3, -0.25) is 9.78 Å². The monoisotopic (exact) mass is 288 g/mol. The SMILES string of the molecule is COCCNC(=O)c1ccc(-c2ccc(F)cc2)nc1C. The fraction of sp³-hybridized carbons (Fsp3) is 0.250. The Morgan fingerprint density at radius 2 is 1.95 bits per heavy atom. The Kier molecular flexibility index (Phi) is 5.00. The van der Waals surface area contributed by atoms with E-state index >= 15 is 0 Å². The minimum atomic E-state index is -0.287. The molecule has 0 spiro atoms. The van der Waals surface area contributed by atoms with Crippen LogP contribution in [-0.4, -0.2) is 31.2 Å². The van der Waals surface area contributed by atoms with E-state index in [2.05, 4.69) is 10.3 Å². The summed E-state index contributed by atoms with van der Waals surface area (Å²) in [6.07, 6.45) is 0. The van der Waals surface area contributed by atoms with Crippen LogP contribution in [0, 0.1) is 12.7 Å². The van der Waals surface area contributed by atoms with Crippen molar-refractivity contribution in [3.63, 3.8) is 0 Å². The quantitative estimate of drug-likeness (QED) is 0.860. The predicted molar refractivity (Wildman–Crippen MR) is 78.6 cm³/mol. The summed E-state index contributed by atoms with van der Waals surface area (Å²) in [6.45, 7) is 2.69. The number of methoxy groups -OCH3 is 1. The van der Waals surface area contributed by atoms with Gasteiger partial charge in [-0.15, -0.1) is 0 Å². The minimum absolute atomic E-state index is 0.178. The molecule has 0 bridgehead atoms. The Labute approximate surface area is 123 Å². The van der Waals surface area contributed by atoms with Crippen LogP contribution < -0.4 is 5.32 Å². The molecule has 4 nitrogen and oxygen atoms in total. The molecule has 1 amide bonds. The van der Waals surface area contributed by atoms with E-state index in [1.165, 1.54) is 12.1 Å². The van der Waals surface area contributed by atoms with Gasteiger partial charge in [0.15, 0.2) is 0 Å². The Morgan fingerprint density at radius 1 is 1.24 bits per heavy atom. The molecule has 0 atom stereocenters. The van der Waals surface area contributed by atoms with Gasteiger partial charge in [-0.2, -0.15) is 0 Å². The molecule has 0 aliphatic carbocycles. The van der Waals surface area contributed by atoms with Crippen LogP contribution in [0.15, 0.2) is 36.4 Å². The zero-order valence-electron chi connectivity index (χ0n) is 12.0. The maximum Gasteiger partial charge on any atom is 0.253 e. The van der Waals surface area contributed by atoms with Gasteiger partial charge in [0.1, 0.15) is 5.82 Å². The van der Waals surface area contributed by atoms with E-state index in [1.807, 2.05) is 0 Å². The number of hydrogen-bond donors (Lipinski definition) is 1. The molecule has 110 valence electrons. The molecule has 21 heavy (non-hydrogen) atoms. The Morgan fingerprint density at radius 3 is 2.57 bits per heavy atom. The molecule has 0 aliphatic heterocycles. The molecule has 1 aromatic carbocycles. The maximum atomic E-state index is 12.9. The molecule has 0 fully saturated rings. The van der Waals surface area contributed by atoms with Crippen molar-refractivity contribution in [2.24, 2.45) is 0 Å². The first-order valence-corrected chi connectivity index (χ1v) is 6.62. The van der Waals surface area contributed by atoms with Crippen LogP contribution in [0.5, 0.6) is 0 Å². The molecule has 0 saturated heterocycles. The highest BCUT2D eigenvalue weighted by Crippen LogP contribution is 2.19. The molecule has 0 unspecified atom stereocenters. The second-order valence-corrected chi connectivity index (χ2v) is 4.59. The van der Waals surface area contributed by atoms with Crippen molar-refractivity contribution in [1.82, 2.24) is 10.3 Å². The van der Waals surface area contributed by atoms with Gasteiger partial charge in [0.05, 0.1) is 23.6 Å². The van der Waals surface area contributed by atoms with Crippen molar-refractivity contribution in [3.05, 3.63) is 53.5 Å². The van der Waals surface area contributed by atoms with Crippen LogP contribution in [0.25, 0.3) is 11.3 Å². The average molecular weight is 288 g/mol. The standard InChI is InChI=1S/C16H17FN2O2/c1-11-14(16(20)18-9-10-21-2)7-8-15(19-11)12-3-5-13(17)6-4-12/h3-8H,9-10H2,1-2H3,(H,18,20). The van der Waals surface area contributed by atoms with E-state index in [4.69, 9.17) is 4.74 Å². The van der Waals surface area contributed by atoms with Gasteiger partial charge in [0, 0.05) is 19.2 Å². The number of carbonyl (C=O) groups is 1. The van der Waals surface area contributed by atoms with Gasteiger partial charge < -0.3 is 10.1 Å². The Balaban J connectivity index is 2.17. The lowest BCUT2D eigenvalue weighted by Crippen LogP contribution is -2.27. The van der Waals surface area contributed by atoms with Crippen molar-refractivity contribution in [1.29, 1.82) is 0 Å². The van der Waals surface area contributed by atoms with E-state index in [0.717, 1.165) is 5.56 Å². The third kappa shape index (κ3) is 3.86. The average Bonchev–Trinajstić information content (AvgIpc) is 2.48. The number of benzene rings is 1. The first kappa shape index (κ1) is 15.1. The second kappa shape index (κ2) is 6.95. The van der Waals surface area contributed by atoms with E-state index < -0.39 is 0 Å². The first-order chi connectivity index (χ1) is 10.1. The van der Waals surface area contributed by atoms with Crippen LogP contribution in [0.3, 0.4) is 0 Å². The number of pyridine rings is 1. The highest BCUT2D eigenvalue weighted by atomic mass is 19.1. The van der Waals surface area contributed by atoms with Crippen LogP contribution in [0.4, 0.5) is 4.39 Å². The van der Waals surface area contributed by atoms with E-state index in [-0.39, 0.29) is 11.7 Å². The van der Waals surface area contributed by atoms with E-state index in [0.29, 0.717) is 30.1 Å². The normalized spacial score (nSPS) is 10.4. The lowest BCUT2D eigenvalue weighted by molar-refractivity contribution is 0.0936. The highest BCUT2D eigenvalue weighted by molar-refractivity contribution is 5.95. The molecule has 0 saturated carbocycles. The molecular weight excluding hydrogens is 271 g/mol. The number of hydrogen-bond acceptors (Lipinski definition) is 3. The van der Waals surface area contributed by atoms with E-state index in [9.17, 15) is 9.18 Å². The number of aryl methyl sites for hydroxylation is 1. The fourth-order valence-corrected chi connectivity index (χ4v) is 1.94. The smallest absolute Gasteiger partial charge is 0.253 e. The third-order valence-corrected chi connectivity index (χ3v) is 3.06. The molecule has 5 heteroatoms. The van der Waals surface area contributed by atoms with Crippen LogP contribution in [-0.2, 0) is 4.74 Å². The third-order valence-electron chi connectivity index (χ3n) is 3.06. The summed E-state index contributed by atoms with van der Waals surface area (Å²) in [4.78, 5) is 16.4. The van der Waals surface area contributed by atoms with Crippen LogP contribution in [0.2, 0.25) is 0 Å². The zero-order chi connectivity index (χ0) is 15.2. The largest absolute Gasteiger partial charge is 0.383 e. The molecular formula is C16H17FN2O2. The molecule has 0 radical (unpaired) electrons. The number of ether oxygens (including phenoxy) is 1. The second-order valence-electron chi connectivity index (χ2n) is 4.59. The van der Waals surface area contributed by atoms with Crippen LogP contribution in [0.1, 0.15) is 16.1 Å². The van der Waals surface area contributed by atoms with Gasteiger partial charge in [0.2, 0.25) is 0 Å².